The molecular formula is C16H27NO. The predicted molar refractivity (Wildman–Crippen MR) is 78.0 cm³/mol. The Morgan fingerprint density at radius 1 is 0.944 bits per heavy atom. The molecule has 0 atom stereocenters. The highest BCUT2D eigenvalue weighted by Crippen LogP contribution is 2.07. The number of aliphatic hydroxyl groups excluding tert-OH is 1. The summed E-state index contributed by atoms with van der Waals surface area (Å²) in [6.45, 7) is 4.70. The molecule has 0 amide bonds. The number of unbranched alkanes of at least 4 members (excludes halogenated alkanes) is 1. The largest absolute Gasteiger partial charge is 0.396 e. The lowest BCUT2D eigenvalue weighted by atomic mass is 10.1. The van der Waals surface area contributed by atoms with Crippen LogP contribution in [0, 0.1) is 0 Å². The maximum absolute atomic E-state index is 8.74. The molecule has 2 nitrogen and oxygen atoms in total. The van der Waals surface area contributed by atoms with Gasteiger partial charge in [0.1, 0.15) is 0 Å². The van der Waals surface area contributed by atoms with Crippen LogP contribution in [0.25, 0.3) is 0 Å². The Morgan fingerprint density at radius 3 is 2.11 bits per heavy atom. The highest BCUT2D eigenvalue weighted by Gasteiger charge is 2.00. The van der Waals surface area contributed by atoms with Crippen molar-refractivity contribution < 1.29 is 5.11 Å². The molecule has 1 aromatic rings. The average Bonchev–Trinajstić information content (AvgIpc) is 2.39. The van der Waals surface area contributed by atoms with E-state index in [1.807, 2.05) is 0 Å². The minimum Gasteiger partial charge on any atom is -0.396 e. The lowest BCUT2D eigenvalue weighted by molar-refractivity contribution is 0.264. The zero-order valence-corrected chi connectivity index (χ0v) is 11.9. The Kier molecular flexibility index (Phi) is 7.70. The second kappa shape index (κ2) is 9.12. The summed E-state index contributed by atoms with van der Waals surface area (Å²) >= 11 is 0. The van der Waals surface area contributed by atoms with Crippen LogP contribution in [-0.2, 0) is 12.8 Å². The van der Waals surface area contributed by atoms with Gasteiger partial charge in [0.05, 0.1) is 0 Å². The molecule has 0 saturated carbocycles. The summed E-state index contributed by atoms with van der Waals surface area (Å²) in [5, 5.41) is 8.74. The van der Waals surface area contributed by atoms with E-state index < -0.39 is 0 Å². The number of nitrogens with zero attached hydrogens (tertiary/aromatic N) is 1. The number of likely N-dealkylation sites (N-methyl/N-ethyl adjacent to an activating group) is 1. The molecule has 1 aromatic carbocycles. The average molecular weight is 249 g/mol. The van der Waals surface area contributed by atoms with Crippen molar-refractivity contribution in [1.82, 2.24) is 4.90 Å². The van der Waals surface area contributed by atoms with Gasteiger partial charge >= 0.3 is 0 Å². The zero-order valence-electron chi connectivity index (χ0n) is 11.9. The Balaban J connectivity index is 2.25. The minimum atomic E-state index is 0.312. The summed E-state index contributed by atoms with van der Waals surface area (Å²) in [5.74, 6) is 0. The van der Waals surface area contributed by atoms with Crippen LogP contribution in [0.4, 0.5) is 0 Å². The molecule has 0 aliphatic heterocycles. The summed E-state index contributed by atoms with van der Waals surface area (Å²) in [5.41, 5.74) is 2.86. The van der Waals surface area contributed by atoms with E-state index in [-0.39, 0.29) is 0 Å². The van der Waals surface area contributed by atoms with Crippen LogP contribution >= 0.6 is 0 Å². The lowest BCUT2D eigenvalue weighted by Gasteiger charge is -2.16. The second-order valence-electron chi connectivity index (χ2n) is 5.05. The quantitative estimate of drug-likeness (QED) is 0.680. The first-order valence-corrected chi connectivity index (χ1v) is 7.13. The molecule has 1 rings (SSSR count). The van der Waals surface area contributed by atoms with Gasteiger partial charge in [-0.3, -0.25) is 0 Å². The van der Waals surface area contributed by atoms with E-state index in [2.05, 4.69) is 43.1 Å². The van der Waals surface area contributed by atoms with Crippen molar-refractivity contribution in [3.05, 3.63) is 35.4 Å². The van der Waals surface area contributed by atoms with E-state index in [1.54, 1.807) is 0 Å². The molecule has 0 unspecified atom stereocenters. The van der Waals surface area contributed by atoms with Crippen molar-refractivity contribution >= 4 is 0 Å². The van der Waals surface area contributed by atoms with Gasteiger partial charge in [-0.25, -0.2) is 0 Å². The normalized spacial score (nSPS) is 11.1. The van der Waals surface area contributed by atoms with Crippen molar-refractivity contribution in [2.75, 3.05) is 26.7 Å². The van der Waals surface area contributed by atoms with Crippen LogP contribution in [0.5, 0.6) is 0 Å². The van der Waals surface area contributed by atoms with Crippen LogP contribution in [0.2, 0.25) is 0 Å². The van der Waals surface area contributed by atoms with Gasteiger partial charge in [-0.15, -0.1) is 0 Å². The van der Waals surface area contributed by atoms with Crippen molar-refractivity contribution in [2.45, 2.75) is 39.0 Å². The summed E-state index contributed by atoms with van der Waals surface area (Å²) < 4.78 is 0. The van der Waals surface area contributed by atoms with Gasteiger partial charge in [0.15, 0.2) is 0 Å². The molecule has 0 spiro atoms. The molecular weight excluding hydrogens is 222 g/mol. The standard InChI is InChI=1S/C16H27NO/c1-3-6-15-7-9-16(10-8-15)11-13-17(2)12-4-5-14-18/h7-10,18H,3-6,11-14H2,1-2H3. The molecule has 1 N–H and O–H groups in total. The molecule has 0 heterocycles. The highest BCUT2D eigenvalue weighted by molar-refractivity contribution is 5.22. The van der Waals surface area contributed by atoms with Crippen LogP contribution in [0.15, 0.2) is 24.3 Å². The first-order chi connectivity index (χ1) is 8.76. The number of benzene rings is 1. The van der Waals surface area contributed by atoms with E-state index in [1.165, 1.54) is 24.0 Å². The van der Waals surface area contributed by atoms with Crippen molar-refractivity contribution in [3.63, 3.8) is 0 Å². The summed E-state index contributed by atoms with van der Waals surface area (Å²) in [4.78, 5) is 2.34. The third kappa shape index (κ3) is 6.18. The Bertz CT molecular complexity index is 307. The molecule has 0 aliphatic rings. The van der Waals surface area contributed by atoms with Gasteiger partial charge in [0, 0.05) is 13.2 Å². The van der Waals surface area contributed by atoms with Crippen LogP contribution < -0.4 is 0 Å². The van der Waals surface area contributed by atoms with Crippen LogP contribution in [0.1, 0.15) is 37.3 Å². The van der Waals surface area contributed by atoms with Crippen LogP contribution in [-0.4, -0.2) is 36.8 Å². The fourth-order valence-electron chi connectivity index (χ4n) is 2.09. The van der Waals surface area contributed by atoms with Crippen molar-refractivity contribution in [2.24, 2.45) is 0 Å². The fraction of sp³-hybridized carbons (Fsp3) is 0.625. The molecule has 0 saturated heterocycles. The Morgan fingerprint density at radius 2 is 1.56 bits per heavy atom. The van der Waals surface area contributed by atoms with E-state index in [0.29, 0.717) is 6.61 Å². The molecule has 0 aliphatic carbocycles. The summed E-state index contributed by atoms with van der Waals surface area (Å²) in [7, 11) is 2.16. The number of aryl methyl sites for hydroxylation is 1. The topological polar surface area (TPSA) is 23.5 Å². The summed E-state index contributed by atoms with van der Waals surface area (Å²) in [6.07, 6.45) is 5.51. The van der Waals surface area contributed by atoms with Gasteiger partial charge in [-0.2, -0.15) is 0 Å². The predicted octanol–water partition coefficient (Wildman–Crippen LogP) is 2.89. The summed E-state index contributed by atoms with van der Waals surface area (Å²) in [6, 6.07) is 9.02. The molecule has 102 valence electrons. The molecule has 0 bridgehead atoms. The van der Waals surface area contributed by atoms with E-state index >= 15 is 0 Å². The Hall–Kier alpha value is -0.860. The lowest BCUT2D eigenvalue weighted by Crippen LogP contribution is -2.22. The number of rotatable bonds is 9. The number of hydrogen-bond donors (Lipinski definition) is 1. The molecule has 0 fully saturated rings. The minimum absolute atomic E-state index is 0.312. The molecule has 0 aromatic heterocycles. The number of aliphatic hydroxyl groups is 1. The van der Waals surface area contributed by atoms with Gasteiger partial charge < -0.3 is 10.0 Å². The molecule has 2 heteroatoms. The monoisotopic (exact) mass is 249 g/mol. The van der Waals surface area contributed by atoms with Crippen molar-refractivity contribution in [3.8, 4) is 0 Å². The van der Waals surface area contributed by atoms with Gasteiger partial charge in [0.2, 0.25) is 0 Å². The maximum Gasteiger partial charge on any atom is 0.0431 e. The van der Waals surface area contributed by atoms with E-state index in [9.17, 15) is 0 Å². The van der Waals surface area contributed by atoms with Gasteiger partial charge in [0.25, 0.3) is 0 Å². The molecule has 18 heavy (non-hydrogen) atoms. The molecule has 0 radical (unpaired) electrons. The maximum atomic E-state index is 8.74. The van der Waals surface area contributed by atoms with E-state index in [0.717, 1.165) is 32.4 Å². The SMILES string of the molecule is CCCc1ccc(CCN(C)CCCCO)cc1. The third-order valence-corrected chi connectivity index (χ3v) is 3.29. The van der Waals surface area contributed by atoms with Crippen LogP contribution in [0.3, 0.4) is 0 Å². The van der Waals surface area contributed by atoms with E-state index in [4.69, 9.17) is 5.11 Å². The Labute approximate surface area is 112 Å². The van der Waals surface area contributed by atoms with Gasteiger partial charge in [-0.1, -0.05) is 37.6 Å². The smallest absolute Gasteiger partial charge is 0.0431 e. The third-order valence-electron chi connectivity index (χ3n) is 3.29. The fourth-order valence-corrected chi connectivity index (χ4v) is 2.09. The first-order valence-electron chi connectivity index (χ1n) is 7.13. The highest BCUT2D eigenvalue weighted by atomic mass is 16.2. The van der Waals surface area contributed by atoms with Gasteiger partial charge in [-0.05, 0) is 50.4 Å². The van der Waals surface area contributed by atoms with Crippen molar-refractivity contribution in [1.29, 1.82) is 0 Å². The second-order valence-corrected chi connectivity index (χ2v) is 5.05. The zero-order chi connectivity index (χ0) is 13.2. The number of hydrogen-bond acceptors (Lipinski definition) is 2. The first kappa shape index (κ1) is 15.2.